The van der Waals surface area contributed by atoms with E-state index in [1.165, 1.54) is 22.4 Å². The Morgan fingerprint density at radius 2 is 1.78 bits per heavy atom. The van der Waals surface area contributed by atoms with E-state index < -0.39 is 0 Å². The van der Waals surface area contributed by atoms with Crippen LogP contribution >= 0.6 is 0 Å². The van der Waals surface area contributed by atoms with Gasteiger partial charge in [0.1, 0.15) is 6.17 Å². The molecule has 4 nitrogen and oxygen atoms in total. The number of rotatable bonds is 2. The van der Waals surface area contributed by atoms with Crippen molar-refractivity contribution in [2.45, 2.75) is 20.0 Å². The predicted octanol–water partition coefficient (Wildman–Crippen LogP) is 3.92. The molecule has 1 aliphatic heterocycles. The van der Waals surface area contributed by atoms with Crippen LogP contribution in [0.4, 0.5) is 11.6 Å². The number of benzene rings is 2. The molecule has 4 heteroatoms. The first-order chi connectivity index (χ1) is 11.2. The first-order valence-electron chi connectivity index (χ1n) is 7.88. The smallest absolute Gasteiger partial charge is 0.231 e. The fourth-order valence-corrected chi connectivity index (χ4v) is 3.27. The van der Waals surface area contributed by atoms with Gasteiger partial charge in [-0.15, -0.1) is 0 Å². The highest BCUT2D eigenvalue weighted by atomic mass is 15.7. The van der Waals surface area contributed by atoms with Crippen LogP contribution in [0.5, 0.6) is 0 Å². The van der Waals surface area contributed by atoms with E-state index in [0.717, 1.165) is 5.95 Å². The molecule has 1 atom stereocenters. The number of hydrogen-bond donors (Lipinski definition) is 0. The van der Waals surface area contributed by atoms with Crippen LogP contribution in [0.1, 0.15) is 12.5 Å². The van der Waals surface area contributed by atoms with Gasteiger partial charge in [0.15, 0.2) is 0 Å². The number of fused-ring (bicyclic) bond motifs is 1. The number of aromatic nitrogens is 2. The summed E-state index contributed by atoms with van der Waals surface area (Å²) in [7, 11) is 2.09. The van der Waals surface area contributed by atoms with Gasteiger partial charge in [0.25, 0.3) is 0 Å². The Hall–Kier alpha value is -2.75. The van der Waals surface area contributed by atoms with Gasteiger partial charge in [0.05, 0.1) is 0 Å². The van der Waals surface area contributed by atoms with Crippen molar-refractivity contribution in [3.63, 3.8) is 0 Å². The normalized spacial score (nSPS) is 16.7. The summed E-state index contributed by atoms with van der Waals surface area (Å²) >= 11 is 0. The minimum atomic E-state index is 0.236. The van der Waals surface area contributed by atoms with E-state index in [9.17, 15) is 0 Å². The number of hydrogen-bond acceptors (Lipinski definition) is 3. The maximum absolute atomic E-state index is 4.52. The Balaban J connectivity index is 1.77. The van der Waals surface area contributed by atoms with Crippen LogP contribution in [0, 0.1) is 6.92 Å². The number of nitrogens with zero attached hydrogens (tertiary/aromatic N) is 4. The Morgan fingerprint density at radius 1 is 1.00 bits per heavy atom. The zero-order valence-corrected chi connectivity index (χ0v) is 13.6. The molecule has 0 fully saturated rings. The lowest BCUT2D eigenvalue weighted by molar-refractivity contribution is 0.621. The molecule has 0 saturated carbocycles. The molecule has 0 bridgehead atoms. The van der Waals surface area contributed by atoms with Crippen LogP contribution in [0.25, 0.3) is 11.1 Å². The van der Waals surface area contributed by atoms with Gasteiger partial charge in [0, 0.05) is 25.1 Å². The van der Waals surface area contributed by atoms with Gasteiger partial charge in [-0.05, 0) is 42.7 Å². The molecular formula is C19H20N4. The van der Waals surface area contributed by atoms with E-state index in [-0.39, 0.29) is 6.17 Å². The van der Waals surface area contributed by atoms with Gasteiger partial charge in [-0.25, -0.2) is 9.66 Å². The first-order valence-corrected chi connectivity index (χ1v) is 7.88. The van der Waals surface area contributed by atoms with Crippen LogP contribution in [0.15, 0.2) is 60.9 Å². The van der Waals surface area contributed by atoms with Crippen molar-refractivity contribution in [2.24, 2.45) is 0 Å². The Bertz CT molecular complexity index is 838. The lowest BCUT2D eigenvalue weighted by Crippen LogP contribution is -2.39. The van der Waals surface area contributed by atoms with Crippen LogP contribution in [-0.2, 0) is 0 Å². The minimum Gasteiger partial charge on any atom is -0.291 e. The molecule has 116 valence electrons. The maximum atomic E-state index is 4.52. The highest BCUT2D eigenvalue weighted by molar-refractivity contribution is 5.72. The summed E-state index contributed by atoms with van der Waals surface area (Å²) in [6.45, 7) is 4.36. The van der Waals surface area contributed by atoms with Crippen LogP contribution in [0.2, 0.25) is 0 Å². The van der Waals surface area contributed by atoms with Crippen molar-refractivity contribution >= 4 is 11.6 Å². The molecule has 0 radical (unpaired) electrons. The SMILES string of the molecule is Cc1cc(-c2ccccc2)ccc1N1c2nccn2N(C)[C@@H]1C. The molecule has 0 N–H and O–H groups in total. The van der Waals surface area contributed by atoms with E-state index in [2.05, 4.69) is 82.9 Å². The molecule has 1 aromatic heterocycles. The summed E-state index contributed by atoms with van der Waals surface area (Å²) in [4.78, 5) is 6.81. The van der Waals surface area contributed by atoms with E-state index in [1.807, 2.05) is 18.5 Å². The largest absolute Gasteiger partial charge is 0.291 e. The lowest BCUT2D eigenvalue weighted by atomic mass is 10.0. The summed E-state index contributed by atoms with van der Waals surface area (Å²) in [6.07, 6.45) is 4.08. The van der Waals surface area contributed by atoms with Crippen LogP contribution in [-0.4, -0.2) is 22.9 Å². The quantitative estimate of drug-likeness (QED) is 0.717. The standard InChI is InChI=1S/C19H20N4/c1-14-13-17(16-7-5-4-6-8-16)9-10-18(14)23-15(2)21(3)22-12-11-20-19(22)23/h4-13,15H,1-3H3/t15-/m0/s1. The third-order valence-electron chi connectivity index (χ3n) is 4.64. The van der Waals surface area contributed by atoms with Gasteiger partial charge in [-0.2, -0.15) is 0 Å². The fourth-order valence-electron chi connectivity index (χ4n) is 3.27. The molecule has 2 heterocycles. The maximum Gasteiger partial charge on any atom is 0.231 e. The Kier molecular flexibility index (Phi) is 3.11. The molecule has 3 aromatic rings. The molecule has 0 unspecified atom stereocenters. The molecular weight excluding hydrogens is 284 g/mol. The second kappa shape index (κ2) is 5.16. The van der Waals surface area contributed by atoms with E-state index in [0.29, 0.717) is 0 Å². The van der Waals surface area contributed by atoms with Crippen molar-refractivity contribution in [2.75, 3.05) is 17.0 Å². The lowest BCUT2D eigenvalue weighted by Gasteiger charge is -2.27. The van der Waals surface area contributed by atoms with Gasteiger partial charge in [0.2, 0.25) is 5.95 Å². The molecule has 4 rings (SSSR count). The monoisotopic (exact) mass is 304 g/mol. The predicted molar refractivity (Wildman–Crippen MR) is 94.6 cm³/mol. The molecule has 1 aliphatic rings. The number of imidazole rings is 1. The van der Waals surface area contributed by atoms with Gasteiger partial charge in [-0.1, -0.05) is 36.4 Å². The molecule has 0 aliphatic carbocycles. The van der Waals surface area contributed by atoms with E-state index in [4.69, 9.17) is 0 Å². The summed E-state index contributed by atoms with van der Waals surface area (Å²) in [6, 6.07) is 17.1. The van der Waals surface area contributed by atoms with E-state index in [1.54, 1.807) is 0 Å². The summed E-state index contributed by atoms with van der Waals surface area (Å²) in [5, 5.41) is 2.19. The number of aryl methyl sites for hydroxylation is 1. The fraction of sp³-hybridized carbons (Fsp3) is 0.211. The van der Waals surface area contributed by atoms with Gasteiger partial charge >= 0.3 is 0 Å². The van der Waals surface area contributed by atoms with Crippen molar-refractivity contribution in [3.05, 3.63) is 66.5 Å². The second-order valence-electron chi connectivity index (χ2n) is 6.01. The third kappa shape index (κ3) is 2.10. The molecule has 0 spiro atoms. The van der Waals surface area contributed by atoms with Crippen LogP contribution in [0.3, 0.4) is 0 Å². The zero-order chi connectivity index (χ0) is 16.0. The highest BCUT2D eigenvalue weighted by Gasteiger charge is 2.33. The molecule has 0 amide bonds. The zero-order valence-electron chi connectivity index (χ0n) is 13.6. The molecule has 2 aromatic carbocycles. The third-order valence-corrected chi connectivity index (χ3v) is 4.64. The minimum absolute atomic E-state index is 0.236. The summed E-state index contributed by atoms with van der Waals surface area (Å²) in [5.74, 6) is 0.968. The average Bonchev–Trinajstić information content (AvgIpc) is 3.13. The second-order valence-corrected chi connectivity index (χ2v) is 6.01. The average molecular weight is 304 g/mol. The summed E-state index contributed by atoms with van der Waals surface area (Å²) in [5.41, 5.74) is 4.95. The van der Waals surface area contributed by atoms with Gasteiger partial charge in [-0.3, -0.25) is 9.91 Å². The van der Waals surface area contributed by atoms with Crippen molar-refractivity contribution in [3.8, 4) is 11.1 Å². The Labute approximate surface area is 136 Å². The Morgan fingerprint density at radius 3 is 2.52 bits per heavy atom. The van der Waals surface area contributed by atoms with Crippen molar-refractivity contribution in [1.82, 2.24) is 9.66 Å². The van der Waals surface area contributed by atoms with Crippen molar-refractivity contribution in [1.29, 1.82) is 0 Å². The van der Waals surface area contributed by atoms with Gasteiger partial charge < -0.3 is 0 Å². The van der Waals surface area contributed by atoms with Crippen LogP contribution < -0.4 is 9.91 Å². The topological polar surface area (TPSA) is 24.3 Å². The van der Waals surface area contributed by atoms with Crippen molar-refractivity contribution < 1.29 is 0 Å². The highest BCUT2D eigenvalue weighted by Crippen LogP contribution is 2.36. The first kappa shape index (κ1) is 13.9. The summed E-state index contributed by atoms with van der Waals surface area (Å²) < 4.78 is 2.09. The van der Waals surface area contributed by atoms with E-state index >= 15 is 0 Å². The molecule has 23 heavy (non-hydrogen) atoms. The molecule has 0 saturated heterocycles. The number of anilines is 2.